The third-order valence-electron chi connectivity index (χ3n) is 2.61. The molecule has 0 atom stereocenters. The van der Waals surface area contributed by atoms with Crippen molar-refractivity contribution in [2.75, 3.05) is 0 Å². The van der Waals surface area contributed by atoms with Gasteiger partial charge in [0.25, 0.3) is 0 Å². The van der Waals surface area contributed by atoms with Gasteiger partial charge in [-0.05, 0) is 81.9 Å². The highest BCUT2D eigenvalue weighted by Gasteiger charge is 2.17. The van der Waals surface area contributed by atoms with E-state index in [4.69, 9.17) is 4.42 Å². The van der Waals surface area contributed by atoms with E-state index < -0.39 is 0 Å². The molecule has 0 spiro atoms. The Bertz CT molecular complexity index is 790. The molecule has 0 aliphatic rings. The Morgan fingerprint density at radius 3 is 2.17 bits per heavy atom. The topological polar surface area (TPSA) is 13.1 Å². The molecule has 0 unspecified atom stereocenters. The van der Waals surface area contributed by atoms with Crippen molar-refractivity contribution in [3.05, 3.63) is 40.6 Å². The maximum absolute atomic E-state index is 5.96. The Kier molecular flexibility index (Phi) is 3.69. The lowest BCUT2D eigenvalue weighted by Gasteiger charge is -2.00. The third-order valence-corrected chi connectivity index (χ3v) is 6.23. The molecule has 0 radical (unpaired) electrons. The second kappa shape index (κ2) is 4.88. The molecule has 3 rings (SSSR count). The fraction of sp³-hybridized carbons (Fsp3) is 0. The van der Waals surface area contributed by atoms with Crippen molar-refractivity contribution in [1.29, 1.82) is 0 Å². The summed E-state index contributed by atoms with van der Waals surface area (Å²) in [6, 6.07) is 6.04. The summed E-state index contributed by atoms with van der Waals surface area (Å²) >= 11 is 17.7. The first-order valence-electron chi connectivity index (χ1n) is 4.84. The van der Waals surface area contributed by atoms with E-state index in [0.717, 1.165) is 44.3 Å². The summed E-state index contributed by atoms with van der Waals surface area (Å²) in [7, 11) is 0. The predicted molar refractivity (Wildman–Crippen MR) is 92.2 cm³/mol. The van der Waals surface area contributed by atoms with Crippen molar-refractivity contribution in [2.45, 2.75) is 0 Å². The molecule has 3 aromatic rings. The van der Waals surface area contributed by atoms with Crippen molar-refractivity contribution in [1.82, 2.24) is 0 Å². The van der Waals surface area contributed by atoms with Crippen LogP contribution in [0.4, 0.5) is 0 Å². The van der Waals surface area contributed by atoms with Gasteiger partial charge in [-0.25, -0.2) is 0 Å². The second-order valence-corrected chi connectivity index (χ2v) is 8.00. The van der Waals surface area contributed by atoms with Gasteiger partial charge in [-0.1, -0.05) is 15.9 Å². The van der Waals surface area contributed by atoms with Gasteiger partial charge in [0, 0.05) is 24.2 Å². The van der Waals surface area contributed by atoms with E-state index >= 15 is 0 Å². The van der Waals surface area contributed by atoms with Gasteiger partial charge in [-0.3, -0.25) is 0 Å². The van der Waals surface area contributed by atoms with Crippen LogP contribution >= 0.6 is 79.6 Å². The van der Waals surface area contributed by atoms with Gasteiger partial charge in [0.1, 0.15) is 5.58 Å². The summed E-state index contributed by atoms with van der Waals surface area (Å²) in [5.41, 5.74) is 1.66. The lowest BCUT2D eigenvalue weighted by Crippen LogP contribution is -1.75. The second-order valence-electron chi connectivity index (χ2n) is 3.72. The van der Waals surface area contributed by atoms with Crippen LogP contribution in [-0.4, -0.2) is 0 Å². The van der Waals surface area contributed by atoms with E-state index in [1.165, 1.54) is 0 Å². The number of halogens is 5. The Labute approximate surface area is 145 Å². The molecule has 0 saturated carbocycles. The first-order chi connectivity index (χ1) is 8.49. The molecule has 18 heavy (non-hydrogen) atoms. The van der Waals surface area contributed by atoms with Crippen LogP contribution in [0.15, 0.2) is 45.0 Å². The zero-order valence-electron chi connectivity index (χ0n) is 8.53. The summed E-state index contributed by atoms with van der Waals surface area (Å²) in [4.78, 5) is 0. The molecule has 0 fully saturated rings. The SMILES string of the molecule is Brc1cc(Br)c2oc3c(Br)c(Br)cc(Br)c3c2c1. The van der Waals surface area contributed by atoms with E-state index in [0.29, 0.717) is 0 Å². The van der Waals surface area contributed by atoms with Gasteiger partial charge in [-0.2, -0.15) is 0 Å². The molecule has 1 heterocycles. The minimum absolute atomic E-state index is 0.824. The summed E-state index contributed by atoms with van der Waals surface area (Å²) in [5.74, 6) is 0. The fourth-order valence-electron chi connectivity index (χ4n) is 1.87. The number of rotatable bonds is 0. The Morgan fingerprint density at radius 2 is 1.44 bits per heavy atom. The van der Waals surface area contributed by atoms with Crippen LogP contribution in [-0.2, 0) is 0 Å². The van der Waals surface area contributed by atoms with Crippen LogP contribution in [0, 0.1) is 0 Å². The normalized spacial score (nSPS) is 11.6. The van der Waals surface area contributed by atoms with Crippen LogP contribution in [0.5, 0.6) is 0 Å². The summed E-state index contributed by atoms with van der Waals surface area (Å²) in [6.45, 7) is 0. The molecule has 0 amide bonds. The van der Waals surface area contributed by atoms with Gasteiger partial charge < -0.3 is 4.42 Å². The Morgan fingerprint density at radius 1 is 0.722 bits per heavy atom. The quantitative estimate of drug-likeness (QED) is 0.260. The van der Waals surface area contributed by atoms with E-state index in [9.17, 15) is 0 Å². The summed E-state index contributed by atoms with van der Waals surface area (Å²) in [6.07, 6.45) is 0. The zero-order valence-corrected chi connectivity index (χ0v) is 16.5. The van der Waals surface area contributed by atoms with Gasteiger partial charge in [0.05, 0.1) is 8.95 Å². The van der Waals surface area contributed by atoms with E-state index in [1.54, 1.807) is 0 Å². The van der Waals surface area contributed by atoms with E-state index in [2.05, 4.69) is 85.7 Å². The van der Waals surface area contributed by atoms with Crippen LogP contribution in [0.2, 0.25) is 0 Å². The molecule has 1 nitrogen and oxygen atoms in total. The first-order valence-corrected chi connectivity index (χ1v) is 8.80. The number of benzene rings is 2. The fourth-order valence-corrected chi connectivity index (χ4v) is 4.91. The Hall–Kier alpha value is 0.640. The van der Waals surface area contributed by atoms with Gasteiger partial charge in [0.15, 0.2) is 5.58 Å². The average Bonchev–Trinajstić information content (AvgIpc) is 2.66. The molecule has 0 aliphatic heterocycles. The third kappa shape index (κ3) is 2.04. The van der Waals surface area contributed by atoms with Crippen molar-refractivity contribution in [2.24, 2.45) is 0 Å². The van der Waals surface area contributed by atoms with Crippen LogP contribution < -0.4 is 0 Å². The lowest BCUT2D eigenvalue weighted by atomic mass is 10.1. The van der Waals surface area contributed by atoms with Gasteiger partial charge >= 0.3 is 0 Å². The predicted octanol–water partition coefficient (Wildman–Crippen LogP) is 7.40. The molecular formula is C12H3Br5O. The highest BCUT2D eigenvalue weighted by Crippen LogP contribution is 2.44. The van der Waals surface area contributed by atoms with Crippen molar-refractivity contribution in [3.63, 3.8) is 0 Å². The molecule has 92 valence electrons. The molecular weight excluding hydrogens is 560 g/mol. The molecule has 6 heteroatoms. The number of furan rings is 1. The number of hydrogen-bond donors (Lipinski definition) is 0. The lowest BCUT2D eigenvalue weighted by molar-refractivity contribution is 0.664. The van der Waals surface area contributed by atoms with Gasteiger partial charge in [-0.15, -0.1) is 0 Å². The highest BCUT2D eigenvalue weighted by molar-refractivity contribution is 9.13. The molecule has 0 aliphatic carbocycles. The molecule has 2 aromatic carbocycles. The standard InChI is InChI=1S/C12H3Br5O/c13-4-1-5-9-6(14)3-7(15)10(17)12(9)18-11(5)8(16)2-4/h1-3H. The van der Waals surface area contributed by atoms with Crippen LogP contribution in [0.25, 0.3) is 21.9 Å². The maximum atomic E-state index is 5.96. The minimum Gasteiger partial charge on any atom is -0.454 e. The summed E-state index contributed by atoms with van der Waals surface area (Å²) < 4.78 is 10.8. The van der Waals surface area contributed by atoms with E-state index in [1.807, 2.05) is 12.1 Å². The number of hydrogen-bond acceptors (Lipinski definition) is 1. The van der Waals surface area contributed by atoms with Crippen LogP contribution in [0.3, 0.4) is 0 Å². The van der Waals surface area contributed by atoms with E-state index in [-0.39, 0.29) is 0 Å². The Balaban J connectivity index is 2.64. The van der Waals surface area contributed by atoms with Crippen molar-refractivity contribution < 1.29 is 4.42 Å². The molecule has 0 bridgehead atoms. The molecule has 0 N–H and O–H groups in total. The monoisotopic (exact) mass is 558 g/mol. The zero-order chi connectivity index (χ0) is 13.0. The van der Waals surface area contributed by atoms with Gasteiger partial charge in [0.2, 0.25) is 0 Å². The van der Waals surface area contributed by atoms with Crippen molar-refractivity contribution in [3.8, 4) is 0 Å². The summed E-state index contributed by atoms with van der Waals surface area (Å²) in [5, 5.41) is 2.12. The average molecular weight is 563 g/mol. The highest BCUT2D eigenvalue weighted by atomic mass is 79.9. The largest absolute Gasteiger partial charge is 0.454 e. The molecule has 1 aromatic heterocycles. The number of fused-ring (bicyclic) bond motifs is 3. The first kappa shape index (κ1) is 13.6. The minimum atomic E-state index is 0.824. The maximum Gasteiger partial charge on any atom is 0.151 e. The van der Waals surface area contributed by atoms with Crippen molar-refractivity contribution >= 4 is 102 Å². The van der Waals surface area contributed by atoms with Crippen LogP contribution in [0.1, 0.15) is 0 Å². The molecule has 0 saturated heterocycles. The smallest absolute Gasteiger partial charge is 0.151 e.